The Balaban J connectivity index is 1.99. The Morgan fingerprint density at radius 2 is 2.19 bits per heavy atom. The molecule has 0 aliphatic rings. The molecular formula is C13H13ClN4O3. The number of carboxylic acid groups (broad SMARTS) is 1. The maximum Gasteiger partial charge on any atom is 0.325 e. The van der Waals surface area contributed by atoms with Gasteiger partial charge in [0.1, 0.15) is 12.2 Å². The van der Waals surface area contributed by atoms with Gasteiger partial charge in [0, 0.05) is 0 Å². The molecule has 0 saturated carbocycles. The lowest BCUT2D eigenvalue weighted by atomic mass is 10.1. The van der Waals surface area contributed by atoms with Crippen LogP contribution in [-0.2, 0) is 17.9 Å². The predicted molar refractivity (Wildman–Crippen MR) is 75.0 cm³/mol. The van der Waals surface area contributed by atoms with Crippen LogP contribution in [0, 0.1) is 6.92 Å². The third-order valence-electron chi connectivity index (χ3n) is 2.75. The van der Waals surface area contributed by atoms with Crippen molar-refractivity contribution in [3.63, 3.8) is 0 Å². The summed E-state index contributed by atoms with van der Waals surface area (Å²) in [6, 6.07) is 5.20. The zero-order valence-corrected chi connectivity index (χ0v) is 12.0. The second-order valence-corrected chi connectivity index (χ2v) is 4.80. The molecule has 2 rings (SSSR count). The van der Waals surface area contributed by atoms with E-state index >= 15 is 0 Å². The number of carboxylic acids is 1. The molecule has 0 radical (unpaired) electrons. The van der Waals surface area contributed by atoms with Crippen LogP contribution in [0.3, 0.4) is 0 Å². The second kappa shape index (κ2) is 6.36. The number of amides is 1. The summed E-state index contributed by atoms with van der Waals surface area (Å²) >= 11 is 6.07. The van der Waals surface area contributed by atoms with Gasteiger partial charge in [0.05, 0.1) is 23.3 Å². The molecule has 0 saturated heterocycles. The number of carbonyl (C=O) groups is 2. The summed E-state index contributed by atoms with van der Waals surface area (Å²) in [5, 5.41) is 19.1. The summed E-state index contributed by atoms with van der Waals surface area (Å²) < 4.78 is 1.18. The second-order valence-electron chi connectivity index (χ2n) is 4.42. The van der Waals surface area contributed by atoms with Crippen molar-refractivity contribution in [3.05, 3.63) is 46.2 Å². The van der Waals surface area contributed by atoms with Crippen LogP contribution in [0.2, 0.25) is 5.02 Å². The summed E-state index contributed by atoms with van der Waals surface area (Å²) in [5.41, 5.74) is 1.67. The predicted octanol–water partition coefficient (Wildman–Crippen LogP) is 1.25. The van der Waals surface area contributed by atoms with Gasteiger partial charge in [-0.2, -0.15) is 0 Å². The molecule has 0 atom stereocenters. The molecule has 1 amide bonds. The van der Waals surface area contributed by atoms with Gasteiger partial charge < -0.3 is 10.4 Å². The quantitative estimate of drug-likeness (QED) is 0.866. The first-order chi connectivity index (χ1) is 9.97. The maximum absolute atomic E-state index is 12.0. The highest BCUT2D eigenvalue weighted by atomic mass is 35.5. The lowest BCUT2D eigenvalue weighted by Gasteiger charge is -2.06. The maximum atomic E-state index is 12.0. The zero-order chi connectivity index (χ0) is 15.4. The van der Waals surface area contributed by atoms with Crippen LogP contribution in [0.15, 0.2) is 24.4 Å². The lowest BCUT2D eigenvalue weighted by Crippen LogP contribution is -2.23. The standard InChI is InChI=1S/C13H13ClN4O3/c1-8-3-2-4-10(12(8)14)13(21)15-5-9-6-18(17-16-9)7-11(19)20/h2-4,6H,5,7H2,1H3,(H,15,21)(H,19,20). The number of hydrogen-bond acceptors (Lipinski definition) is 4. The molecule has 2 aromatic rings. The number of rotatable bonds is 5. The fraction of sp³-hybridized carbons (Fsp3) is 0.231. The first-order valence-corrected chi connectivity index (χ1v) is 6.49. The Kier molecular flexibility index (Phi) is 4.54. The van der Waals surface area contributed by atoms with Crippen molar-refractivity contribution in [3.8, 4) is 0 Å². The van der Waals surface area contributed by atoms with Crippen LogP contribution in [0.25, 0.3) is 0 Å². The van der Waals surface area contributed by atoms with Crippen molar-refractivity contribution in [2.24, 2.45) is 0 Å². The Morgan fingerprint density at radius 3 is 2.90 bits per heavy atom. The van der Waals surface area contributed by atoms with E-state index in [1.165, 1.54) is 10.9 Å². The number of nitrogens with zero attached hydrogens (tertiary/aromatic N) is 3. The van der Waals surface area contributed by atoms with Crippen LogP contribution < -0.4 is 5.32 Å². The van der Waals surface area contributed by atoms with Crippen molar-refractivity contribution in [1.82, 2.24) is 20.3 Å². The Morgan fingerprint density at radius 1 is 1.43 bits per heavy atom. The molecule has 8 heteroatoms. The molecular weight excluding hydrogens is 296 g/mol. The van der Waals surface area contributed by atoms with Gasteiger partial charge >= 0.3 is 5.97 Å². The minimum atomic E-state index is -1.01. The minimum Gasteiger partial charge on any atom is -0.480 e. The third-order valence-corrected chi connectivity index (χ3v) is 3.25. The smallest absolute Gasteiger partial charge is 0.325 e. The van der Waals surface area contributed by atoms with E-state index in [2.05, 4.69) is 15.6 Å². The van der Waals surface area contributed by atoms with Gasteiger partial charge in [-0.3, -0.25) is 9.59 Å². The molecule has 21 heavy (non-hydrogen) atoms. The fourth-order valence-corrected chi connectivity index (χ4v) is 1.94. The number of nitrogens with one attached hydrogen (secondary N) is 1. The average molecular weight is 309 g/mol. The highest BCUT2D eigenvalue weighted by Gasteiger charge is 2.12. The van der Waals surface area contributed by atoms with E-state index in [0.29, 0.717) is 16.3 Å². The first kappa shape index (κ1) is 15.0. The molecule has 0 bridgehead atoms. The molecule has 0 aliphatic heterocycles. The van der Waals surface area contributed by atoms with Crippen LogP contribution >= 0.6 is 11.6 Å². The van der Waals surface area contributed by atoms with Crippen LogP contribution in [0.4, 0.5) is 0 Å². The zero-order valence-electron chi connectivity index (χ0n) is 11.2. The molecule has 110 valence electrons. The summed E-state index contributed by atoms with van der Waals surface area (Å²) in [5.74, 6) is -1.33. The number of halogens is 1. The van der Waals surface area contributed by atoms with E-state index in [9.17, 15) is 9.59 Å². The number of carbonyl (C=O) groups excluding carboxylic acids is 1. The van der Waals surface area contributed by atoms with Crippen molar-refractivity contribution in [2.45, 2.75) is 20.0 Å². The monoisotopic (exact) mass is 308 g/mol. The summed E-state index contributed by atoms with van der Waals surface area (Å²) in [6.07, 6.45) is 1.46. The van der Waals surface area contributed by atoms with Crippen LogP contribution in [0.1, 0.15) is 21.6 Å². The van der Waals surface area contributed by atoms with Gasteiger partial charge in [0.25, 0.3) is 5.91 Å². The molecule has 0 unspecified atom stereocenters. The van der Waals surface area contributed by atoms with Crippen LogP contribution in [-0.4, -0.2) is 32.0 Å². The van der Waals surface area contributed by atoms with Gasteiger partial charge in [-0.25, -0.2) is 4.68 Å². The average Bonchev–Trinajstić information content (AvgIpc) is 2.86. The van der Waals surface area contributed by atoms with E-state index in [-0.39, 0.29) is 19.0 Å². The molecule has 0 aliphatic carbocycles. The third kappa shape index (κ3) is 3.79. The molecule has 1 aromatic heterocycles. The number of benzene rings is 1. The summed E-state index contributed by atoms with van der Waals surface area (Å²) in [4.78, 5) is 22.6. The molecule has 2 N–H and O–H groups in total. The summed E-state index contributed by atoms with van der Waals surface area (Å²) in [6.45, 7) is 1.68. The summed E-state index contributed by atoms with van der Waals surface area (Å²) in [7, 11) is 0. The molecule has 0 fully saturated rings. The van der Waals surface area contributed by atoms with Crippen molar-refractivity contribution in [2.75, 3.05) is 0 Å². The van der Waals surface area contributed by atoms with Crippen molar-refractivity contribution < 1.29 is 14.7 Å². The topological polar surface area (TPSA) is 97.1 Å². The first-order valence-electron chi connectivity index (χ1n) is 6.11. The molecule has 0 spiro atoms. The van der Waals surface area contributed by atoms with Gasteiger partial charge in [-0.05, 0) is 18.6 Å². The Bertz CT molecular complexity index is 684. The van der Waals surface area contributed by atoms with E-state index in [1.54, 1.807) is 12.1 Å². The molecule has 1 aromatic carbocycles. The Labute approximate surface area is 125 Å². The molecule has 7 nitrogen and oxygen atoms in total. The lowest BCUT2D eigenvalue weighted by molar-refractivity contribution is -0.137. The Hall–Kier alpha value is -2.41. The number of aryl methyl sites for hydroxylation is 1. The number of aliphatic carboxylic acids is 1. The van der Waals surface area contributed by atoms with E-state index in [4.69, 9.17) is 16.7 Å². The van der Waals surface area contributed by atoms with Gasteiger partial charge in [-0.1, -0.05) is 28.9 Å². The largest absolute Gasteiger partial charge is 0.480 e. The van der Waals surface area contributed by atoms with E-state index < -0.39 is 5.97 Å². The molecule has 1 heterocycles. The SMILES string of the molecule is Cc1cccc(C(=O)NCc2cn(CC(=O)O)nn2)c1Cl. The van der Waals surface area contributed by atoms with Gasteiger partial charge in [0.15, 0.2) is 0 Å². The number of aromatic nitrogens is 3. The van der Waals surface area contributed by atoms with Crippen LogP contribution in [0.5, 0.6) is 0 Å². The normalized spacial score (nSPS) is 10.4. The van der Waals surface area contributed by atoms with Crippen molar-refractivity contribution in [1.29, 1.82) is 0 Å². The number of hydrogen-bond donors (Lipinski definition) is 2. The van der Waals surface area contributed by atoms with Crippen molar-refractivity contribution >= 4 is 23.5 Å². The minimum absolute atomic E-state index is 0.142. The van der Waals surface area contributed by atoms with E-state index in [1.807, 2.05) is 13.0 Å². The van der Waals surface area contributed by atoms with Gasteiger partial charge in [-0.15, -0.1) is 5.10 Å². The highest BCUT2D eigenvalue weighted by Crippen LogP contribution is 2.20. The van der Waals surface area contributed by atoms with Gasteiger partial charge in [0.2, 0.25) is 0 Å². The fourth-order valence-electron chi connectivity index (χ4n) is 1.72. The highest BCUT2D eigenvalue weighted by molar-refractivity contribution is 6.34. The van der Waals surface area contributed by atoms with E-state index in [0.717, 1.165) is 5.56 Å².